The van der Waals surface area contributed by atoms with E-state index in [4.69, 9.17) is 4.98 Å². The lowest BCUT2D eigenvalue weighted by atomic mass is 10.00. The number of nitrogens with zero attached hydrogens (tertiary/aromatic N) is 4. The molecule has 1 aromatic heterocycles. The molecule has 1 aromatic rings. The molecule has 1 atom stereocenters. The summed E-state index contributed by atoms with van der Waals surface area (Å²) in [7, 11) is 0. The molecule has 1 aliphatic carbocycles. The van der Waals surface area contributed by atoms with Crippen LogP contribution in [0.1, 0.15) is 80.9 Å². The molecule has 4 aliphatic rings. The van der Waals surface area contributed by atoms with Gasteiger partial charge in [0.15, 0.2) is 0 Å². The van der Waals surface area contributed by atoms with E-state index in [-0.39, 0.29) is 29.3 Å². The summed E-state index contributed by atoms with van der Waals surface area (Å²) in [5.41, 5.74) is 1.32. The highest BCUT2D eigenvalue weighted by Crippen LogP contribution is 2.33. The van der Waals surface area contributed by atoms with Crippen molar-refractivity contribution in [2.75, 3.05) is 32.7 Å². The summed E-state index contributed by atoms with van der Waals surface area (Å²) >= 11 is 0. The Labute approximate surface area is 189 Å². The Kier molecular flexibility index (Phi) is 6.31. The number of aromatic amines is 1. The van der Waals surface area contributed by atoms with Crippen molar-refractivity contribution in [2.45, 2.75) is 76.8 Å². The largest absolute Gasteiger partial charge is 0.336 e. The highest BCUT2D eigenvalue weighted by atomic mass is 16.2. The molecule has 32 heavy (non-hydrogen) atoms. The standard InChI is InChI=1S/C24H35N5O3/c30-21(16-27-11-4-1-2-5-12-27)29-13-6-3-7-20(29)22-25-19-15-28(24(32)17-8-9-17)14-10-18(19)23(31)26-22/h17,20H,1-16H2,(H,25,26,31). The molecule has 5 rings (SSSR count). The molecule has 0 bridgehead atoms. The van der Waals surface area contributed by atoms with Crippen LogP contribution in [0, 0.1) is 5.92 Å². The van der Waals surface area contributed by atoms with Gasteiger partial charge in [-0.25, -0.2) is 4.98 Å². The number of nitrogens with one attached hydrogen (secondary N) is 1. The van der Waals surface area contributed by atoms with Gasteiger partial charge in [0.2, 0.25) is 11.8 Å². The maximum Gasteiger partial charge on any atom is 0.254 e. The number of likely N-dealkylation sites (tertiary alicyclic amines) is 2. The Morgan fingerprint density at radius 1 is 0.938 bits per heavy atom. The van der Waals surface area contributed by atoms with Crippen LogP contribution in [0.15, 0.2) is 4.79 Å². The molecule has 1 unspecified atom stereocenters. The fraction of sp³-hybridized carbons (Fsp3) is 0.750. The quantitative estimate of drug-likeness (QED) is 0.772. The van der Waals surface area contributed by atoms with Crippen molar-refractivity contribution in [3.8, 4) is 0 Å². The van der Waals surface area contributed by atoms with E-state index in [1.165, 1.54) is 12.8 Å². The Hall–Kier alpha value is -2.22. The fourth-order valence-corrected chi connectivity index (χ4v) is 5.48. The summed E-state index contributed by atoms with van der Waals surface area (Å²) in [6, 6.07) is -0.185. The Morgan fingerprint density at radius 3 is 2.44 bits per heavy atom. The second kappa shape index (κ2) is 9.33. The molecule has 1 saturated carbocycles. The van der Waals surface area contributed by atoms with E-state index in [2.05, 4.69) is 9.88 Å². The number of rotatable bonds is 4. The second-order valence-corrected chi connectivity index (χ2v) is 9.95. The zero-order chi connectivity index (χ0) is 22.1. The molecule has 0 radical (unpaired) electrons. The van der Waals surface area contributed by atoms with Gasteiger partial charge >= 0.3 is 0 Å². The predicted molar refractivity (Wildman–Crippen MR) is 120 cm³/mol. The van der Waals surface area contributed by atoms with E-state index in [9.17, 15) is 14.4 Å². The van der Waals surface area contributed by atoms with Crippen LogP contribution in [-0.4, -0.2) is 69.2 Å². The number of carbonyl (C=O) groups excluding carboxylic acids is 2. The molecule has 174 valence electrons. The van der Waals surface area contributed by atoms with Gasteiger partial charge < -0.3 is 14.8 Å². The molecule has 0 spiro atoms. The van der Waals surface area contributed by atoms with Crippen LogP contribution in [0.25, 0.3) is 0 Å². The maximum atomic E-state index is 13.3. The molecule has 2 saturated heterocycles. The van der Waals surface area contributed by atoms with E-state index < -0.39 is 0 Å². The Balaban J connectivity index is 1.34. The van der Waals surface area contributed by atoms with Crippen molar-refractivity contribution < 1.29 is 9.59 Å². The van der Waals surface area contributed by atoms with E-state index in [0.29, 0.717) is 44.0 Å². The third kappa shape index (κ3) is 4.60. The first-order valence-corrected chi connectivity index (χ1v) is 12.5. The topological polar surface area (TPSA) is 89.6 Å². The Bertz CT molecular complexity index is 917. The van der Waals surface area contributed by atoms with Crippen molar-refractivity contribution in [3.05, 3.63) is 27.4 Å². The van der Waals surface area contributed by atoms with Crippen LogP contribution in [0.5, 0.6) is 0 Å². The molecule has 0 aromatic carbocycles. The van der Waals surface area contributed by atoms with Gasteiger partial charge in [0.25, 0.3) is 5.56 Å². The summed E-state index contributed by atoms with van der Waals surface area (Å²) in [5, 5.41) is 0. The van der Waals surface area contributed by atoms with Gasteiger partial charge in [0.05, 0.1) is 24.8 Å². The monoisotopic (exact) mass is 441 g/mol. The predicted octanol–water partition coefficient (Wildman–Crippen LogP) is 1.99. The molecule has 4 heterocycles. The minimum absolute atomic E-state index is 0.103. The summed E-state index contributed by atoms with van der Waals surface area (Å²) in [5.74, 6) is 1.11. The smallest absolute Gasteiger partial charge is 0.254 e. The third-order valence-electron chi connectivity index (χ3n) is 7.53. The van der Waals surface area contributed by atoms with Crippen molar-refractivity contribution in [1.82, 2.24) is 24.7 Å². The van der Waals surface area contributed by atoms with Gasteiger partial charge in [0, 0.05) is 24.6 Å². The van der Waals surface area contributed by atoms with Gasteiger partial charge in [-0.2, -0.15) is 0 Å². The number of carbonyl (C=O) groups is 2. The number of aromatic nitrogens is 2. The Morgan fingerprint density at radius 2 is 1.69 bits per heavy atom. The highest BCUT2D eigenvalue weighted by molar-refractivity contribution is 5.81. The zero-order valence-corrected chi connectivity index (χ0v) is 19.0. The zero-order valence-electron chi connectivity index (χ0n) is 19.0. The minimum atomic E-state index is -0.185. The summed E-state index contributed by atoms with van der Waals surface area (Å²) in [6.45, 7) is 4.15. The average molecular weight is 442 g/mol. The van der Waals surface area contributed by atoms with Crippen molar-refractivity contribution in [1.29, 1.82) is 0 Å². The lowest BCUT2D eigenvalue weighted by molar-refractivity contribution is -0.136. The van der Waals surface area contributed by atoms with Gasteiger partial charge in [-0.05, 0) is 64.5 Å². The van der Waals surface area contributed by atoms with Crippen molar-refractivity contribution >= 4 is 11.8 Å². The van der Waals surface area contributed by atoms with E-state index >= 15 is 0 Å². The minimum Gasteiger partial charge on any atom is -0.336 e. The van der Waals surface area contributed by atoms with Crippen molar-refractivity contribution in [2.24, 2.45) is 5.92 Å². The lowest BCUT2D eigenvalue weighted by Gasteiger charge is -2.37. The molecular weight excluding hydrogens is 406 g/mol. The highest BCUT2D eigenvalue weighted by Gasteiger charge is 2.36. The van der Waals surface area contributed by atoms with Crippen LogP contribution < -0.4 is 5.56 Å². The van der Waals surface area contributed by atoms with E-state index in [1.807, 2.05) is 9.80 Å². The van der Waals surface area contributed by atoms with Crippen LogP contribution in [0.3, 0.4) is 0 Å². The first-order valence-electron chi connectivity index (χ1n) is 12.5. The van der Waals surface area contributed by atoms with Crippen LogP contribution >= 0.6 is 0 Å². The van der Waals surface area contributed by atoms with Crippen LogP contribution in [0.2, 0.25) is 0 Å². The summed E-state index contributed by atoms with van der Waals surface area (Å²) in [6.07, 6.45) is 10.1. The lowest BCUT2D eigenvalue weighted by Crippen LogP contribution is -2.46. The van der Waals surface area contributed by atoms with E-state index in [0.717, 1.165) is 63.7 Å². The SMILES string of the molecule is O=C(C1CC1)N1CCc2c(nc(C3CCCCN3C(=O)CN3CCCCCC3)[nH]c2=O)C1. The molecule has 1 N–H and O–H groups in total. The second-order valence-electron chi connectivity index (χ2n) is 9.95. The molecule has 2 amide bonds. The first kappa shape index (κ1) is 21.6. The van der Waals surface area contributed by atoms with Gasteiger partial charge in [0.1, 0.15) is 5.82 Å². The molecule has 3 aliphatic heterocycles. The van der Waals surface area contributed by atoms with Crippen LogP contribution in [-0.2, 0) is 22.6 Å². The number of amides is 2. The normalized spacial score (nSPS) is 24.7. The number of fused-ring (bicyclic) bond motifs is 1. The van der Waals surface area contributed by atoms with Crippen molar-refractivity contribution in [3.63, 3.8) is 0 Å². The number of piperidine rings is 1. The average Bonchev–Trinajstić information content (AvgIpc) is 3.66. The fourth-order valence-electron chi connectivity index (χ4n) is 5.48. The number of hydrogen-bond acceptors (Lipinski definition) is 5. The summed E-state index contributed by atoms with van der Waals surface area (Å²) < 4.78 is 0. The molecule has 3 fully saturated rings. The molecular formula is C24H35N5O3. The first-order chi connectivity index (χ1) is 15.6. The van der Waals surface area contributed by atoms with E-state index in [1.54, 1.807) is 0 Å². The van der Waals surface area contributed by atoms with Gasteiger partial charge in [-0.3, -0.25) is 19.3 Å². The number of H-pyrrole nitrogens is 1. The van der Waals surface area contributed by atoms with Gasteiger partial charge in [-0.15, -0.1) is 0 Å². The third-order valence-corrected chi connectivity index (χ3v) is 7.53. The van der Waals surface area contributed by atoms with Gasteiger partial charge in [-0.1, -0.05) is 12.8 Å². The number of hydrogen-bond donors (Lipinski definition) is 1. The van der Waals surface area contributed by atoms with Crippen LogP contribution in [0.4, 0.5) is 0 Å². The molecule has 8 heteroatoms. The maximum absolute atomic E-state index is 13.3. The molecule has 8 nitrogen and oxygen atoms in total. The summed E-state index contributed by atoms with van der Waals surface area (Å²) in [4.78, 5) is 52.6.